The molecule has 0 aliphatic rings. The van der Waals surface area contributed by atoms with E-state index in [1.807, 2.05) is 48.2 Å². The second-order valence-electron chi connectivity index (χ2n) is 4.54. The SMILES string of the molecule is CCN(c1ccccc1)c1cccc(S(C)(=O)=O)c1N. The number of hydrogen-bond acceptors (Lipinski definition) is 4. The molecule has 5 heteroatoms. The van der Waals surface area contributed by atoms with E-state index >= 15 is 0 Å². The van der Waals surface area contributed by atoms with Gasteiger partial charge in [-0.1, -0.05) is 24.3 Å². The van der Waals surface area contributed by atoms with Gasteiger partial charge in [0, 0.05) is 18.5 Å². The normalized spacial score (nSPS) is 11.3. The van der Waals surface area contributed by atoms with Gasteiger partial charge in [-0.25, -0.2) is 8.42 Å². The summed E-state index contributed by atoms with van der Waals surface area (Å²) in [7, 11) is -3.33. The van der Waals surface area contributed by atoms with Crippen LogP contribution in [0.25, 0.3) is 0 Å². The van der Waals surface area contributed by atoms with E-state index in [0.29, 0.717) is 17.9 Å². The lowest BCUT2D eigenvalue weighted by Crippen LogP contribution is -2.18. The summed E-state index contributed by atoms with van der Waals surface area (Å²) in [4.78, 5) is 2.16. The highest BCUT2D eigenvalue weighted by Crippen LogP contribution is 2.34. The molecule has 2 aromatic carbocycles. The number of para-hydroxylation sites is 2. The molecule has 4 nitrogen and oxygen atoms in total. The van der Waals surface area contributed by atoms with Gasteiger partial charge in [0.15, 0.2) is 9.84 Å². The van der Waals surface area contributed by atoms with Gasteiger partial charge in [-0.15, -0.1) is 0 Å². The van der Waals surface area contributed by atoms with Crippen LogP contribution in [0.15, 0.2) is 53.4 Å². The van der Waals surface area contributed by atoms with E-state index in [-0.39, 0.29) is 4.90 Å². The van der Waals surface area contributed by atoms with Gasteiger partial charge in [0.25, 0.3) is 0 Å². The molecule has 0 atom stereocenters. The molecule has 0 fully saturated rings. The molecule has 0 amide bonds. The molecule has 0 unspecified atom stereocenters. The average Bonchev–Trinajstić information content (AvgIpc) is 2.41. The van der Waals surface area contributed by atoms with Crippen molar-refractivity contribution in [3.8, 4) is 0 Å². The third-order valence-corrected chi connectivity index (χ3v) is 4.27. The Hall–Kier alpha value is -2.01. The third kappa shape index (κ3) is 2.77. The van der Waals surface area contributed by atoms with E-state index in [1.165, 1.54) is 12.3 Å². The van der Waals surface area contributed by atoms with Crippen LogP contribution in [0.1, 0.15) is 6.92 Å². The zero-order valence-electron chi connectivity index (χ0n) is 11.6. The molecule has 0 saturated heterocycles. The van der Waals surface area contributed by atoms with Gasteiger partial charge >= 0.3 is 0 Å². The number of nitrogen functional groups attached to an aromatic ring is 1. The Morgan fingerprint density at radius 1 is 1.05 bits per heavy atom. The second kappa shape index (κ2) is 5.54. The fourth-order valence-electron chi connectivity index (χ4n) is 2.19. The molecule has 0 aliphatic carbocycles. The minimum atomic E-state index is -3.33. The summed E-state index contributed by atoms with van der Waals surface area (Å²) in [6.45, 7) is 2.70. The average molecular weight is 290 g/mol. The van der Waals surface area contributed by atoms with E-state index in [9.17, 15) is 8.42 Å². The van der Waals surface area contributed by atoms with Gasteiger partial charge in [0.2, 0.25) is 0 Å². The van der Waals surface area contributed by atoms with Crippen LogP contribution in [0, 0.1) is 0 Å². The molecule has 20 heavy (non-hydrogen) atoms. The van der Waals surface area contributed by atoms with Gasteiger partial charge in [0.05, 0.1) is 16.3 Å². The van der Waals surface area contributed by atoms with Crippen molar-refractivity contribution in [2.75, 3.05) is 23.4 Å². The predicted molar refractivity (Wildman–Crippen MR) is 83.1 cm³/mol. The first-order valence-corrected chi connectivity index (χ1v) is 8.25. The number of nitrogens with zero attached hydrogens (tertiary/aromatic N) is 1. The molecular formula is C15H18N2O2S. The molecule has 0 spiro atoms. The first kappa shape index (κ1) is 14.4. The molecule has 0 radical (unpaired) electrons. The number of anilines is 3. The second-order valence-corrected chi connectivity index (χ2v) is 6.53. The van der Waals surface area contributed by atoms with E-state index in [0.717, 1.165) is 5.69 Å². The Balaban J connectivity index is 2.57. The van der Waals surface area contributed by atoms with Crippen LogP contribution in [0.5, 0.6) is 0 Å². The largest absolute Gasteiger partial charge is 0.396 e. The first-order valence-electron chi connectivity index (χ1n) is 6.36. The fraction of sp³-hybridized carbons (Fsp3) is 0.200. The first-order chi connectivity index (χ1) is 9.45. The number of rotatable bonds is 4. The maximum absolute atomic E-state index is 11.8. The Bertz CT molecular complexity index is 697. The quantitative estimate of drug-likeness (QED) is 0.879. The van der Waals surface area contributed by atoms with Crippen molar-refractivity contribution in [1.82, 2.24) is 0 Å². The van der Waals surface area contributed by atoms with Crippen molar-refractivity contribution in [2.45, 2.75) is 11.8 Å². The fourth-order valence-corrected chi connectivity index (χ4v) is 3.02. The maximum Gasteiger partial charge on any atom is 0.177 e. The highest BCUT2D eigenvalue weighted by atomic mass is 32.2. The lowest BCUT2D eigenvalue weighted by atomic mass is 10.2. The van der Waals surface area contributed by atoms with Crippen molar-refractivity contribution >= 4 is 26.9 Å². The summed E-state index contributed by atoms with van der Waals surface area (Å²) in [5.41, 5.74) is 8.04. The van der Waals surface area contributed by atoms with Gasteiger partial charge in [0.1, 0.15) is 0 Å². The Kier molecular flexibility index (Phi) is 3.99. The lowest BCUT2D eigenvalue weighted by molar-refractivity contribution is 0.602. The van der Waals surface area contributed by atoms with Crippen molar-refractivity contribution in [3.05, 3.63) is 48.5 Å². The van der Waals surface area contributed by atoms with Crippen LogP contribution in [-0.2, 0) is 9.84 Å². The maximum atomic E-state index is 11.8. The number of nitrogens with two attached hydrogens (primary N) is 1. The van der Waals surface area contributed by atoms with Crippen LogP contribution < -0.4 is 10.6 Å². The van der Waals surface area contributed by atoms with Crippen LogP contribution >= 0.6 is 0 Å². The standard InChI is InChI=1S/C15H18N2O2S/c1-3-17(12-8-5-4-6-9-12)13-10-7-11-14(15(13)16)20(2,18)19/h4-11H,3,16H2,1-2H3. The monoisotopic (exact) mass is 290 g/mol. The summed E-state index contributed by atoms with van der Waals surface area (Å²) in [6.07, 6.45) is 1.17. The van der Waals surface area contributed by atoms with Crippen LogP contribution in [0.4, 0.5) is 17.1 Å². The molecule has 0 bridgehead atoms. The summed E-state index contributed by atoms with van der Waals surface area (Å²) in [5, 5.41) is 0. The number of sulfone groups is 1. The van der Waals surface area contributed by atoms with Crippen LogP contribution in [0.2, 0.25) is 0 Å². The summed E-state index contributed by atoms with van der Waals surface area (Å²) >= 11 is 0. The Morgan fingerprint density at radius 3 is 2.25 bits per heavy atom. The minimum Gasteiger partial charge on any atom is -0.396 e. The third-order valence-electron chi connectivity index (χ3n) is 3.12. The van der Waals surface area contributed by atoms with E-state index in [2.05, 4.69) is 0 Å². The van der Waals surface area contributed by atoms with Crippen molar-refractivity contribution in [2.24, 2.45) is 0 Å². The molecular weight excluding hydrogens is 272 g/mol. The minimum absolute atomic E-state index is 0.171. The molecule has 0 heterocycles. The van der Waals surface area contributed by atoms with E-state index in [1.54, 1.807) is 6.07 Å². The highest BCUT2D eigenvalue weighted by molar-refractivity contribution is 7.90. The van der Waals surface area contributed by atoms with E-state index < -0.39 is 9.84 Å². The predicted octanol–water partition coefficient (Wildman–Crippen LogP) is 2.83. The molecule has 2 N–H and O–H groups in total. The van der Waals surface area contributed by atoms with Gasteiger partial charge in [-0.2, -0.15) is 0 Å². The lowest BCUT2D eigenvalue weighted by Gasteiger charge is -2.25. The van der Waals surface area contributed by atoms with Gasteiger partial charge < -0.3 is 10.6 Å². The van der Waals surface area contributed by atoms with Gasteiger partial charge in [-0.3, -0.25) is 0 Å². The summed E-state index contributed by atoms with van der Waals surface area (Å²) in [6, 6.07) is 14.8. The van der Waals surface area contributed by atoms with E-state index in [4.69, 9.17) is 5.73 Å². The molecule has 0 saturated carbocycles. The molecule has 0 aromatic heterocycles. The summed E-state index contributed by atoms with van der Waals surface area (Å²) in [5.74, 6) is 0. The Labute approximate surface area is 119 Å². The van der Waals surface area contributed by atoms with Crippen molar-refractivity contribution < 1.29 is 8.42 Å². The molecule has 0 aliphatic heterocycles. The molecule has 2 aromatic rings. The number of benzene rings is 2. The zero-order valence-corrected chi connectivity index (χ0v) is 12.4. The topological polar surface area (TPSA) is 63.4 Å². The van der Waals surface area contributed by atoms with Crippen LogP contribution in [0.3, 0.4) is 0 Å². The smallest absolute Gasteiger partial charge is 0.177 e. The van der Waals surface area contributed by atoms with Crippen molar-refractivity contribution in [1.29, 1.82) is 0 Å². The molecule has 2 rings (SSSR count). The molecule has 106 valence electrons. The highest BCUT2D eigenvalue weighted by Gasteiger charge is 2.17. The van der Waals surface area contributed by atoms with Gasteiger partial charge in [-0.05, 0) is 31.2 Å². The zero-order chi connectivity index (χ0) is 14.8. The number of hydrogen-bond donors (Lipinski definition) is 1. The Morgan fingerprint density at radius 2 is 1.70 bits per heavy atom. The summed E-state index contributed by atoms with van der Waals surface area (Å²) < 4.78 is 23.5. The van der Waals surface area contributed by atoms with Crippen molar-refractivity contribution in [3.63, 3.8) is 0 Å². The van der Waals surface area contributed by atoms with Crippen LogP contribution in [-0.4, -0.2) is 21.2 Å².